The number of amides is 2. The van der Waals surface area contributed by atoms with Gasteiger partial charge in [-0.25, -0.2) is 4.79 Å². The molecule has 0 radical (unpaired) electrons. The van der Waals surface area contributed by atoms with Gasteiger partial charge in [-0.1, -0.05) is 11.6 Å². The number of rotatable bonds is 5. The molecule has 1 aliphatic rings. The van der Waals surface area contributed by atoms with Gasteiger partial charge in [0, 0.05) is 20.1 Å². The number of aryl methyl sites for hydroxylation is 1. The molecule has 2 amide bonds. The Labute approximate surface area is 145 Å². The SMILES string of the molecule is Cc1ccc(O)c(C(=O)OCC(=O)N(C)CC(=O)N2CCOCC2)c1. The first kappa shape index (κ1) is 18.7. The van der Waals surface area contributed by atoms with Gasteiger partial charge in [-0.2, -0.15) is 0 Å². The van der Waals surface area contributed by atoms with E-state index in [-0.39, 0.29) is 23.8 Å². The van der Waals surface area contributed by atoms with E-state index in [0.717, 1.165) is 5.56 Å². The number of esters is 1. The number of benzene rings is 1. The number of ether oxygens (including phenoxy) is 2. The van der Waals surface area contributed by atoms with E-state index in [1.54, 1.807) is 17.9 Å². The third-order valence-corrected chi connectivity index (χ3v) is 3.86. The number of phenols is 1. The quantitative estimate of drug-likeness (QED) is 0.761. The molecule has 1 saturated heterocycles. The minimum atomic E-state index is -0.789. The zero-order valence-corrected chi connectivity index (χ0v) is 14.4. The maximum atomic E-state index is 12.1. The number of morpholine rings is 1. The second kappa shape index (κ2) is 8.48. The summed E-state index contributed by atoms with van der Waals surface area (Å²) in [4.78, 5) is 38.9. The van der Waals surface area contributed by atoms with Crippen LogP contribution in [0.25, 0.3) is 0 Å². The predicted molar refractivity (Wildman–Crippen MR) is 88.2 cm³/mol. The molecule has 0 spiro atoms. The summed E-state index contributed by atoms with van der Waals surface area (Å²) < 4.78 is 10.1. The molecule has 25 heavy (non-hydrogen) atoms. The smallest absolute Gasteiger partial charge is 0.342 e. The Morgan fingerprint density at radius 2 is 1.96 bits per heavy atom. The summed E-state index contributed by atoms with van der Waals surface area (Å²) in [5, 5.41) is 9.69. The zero-order chi connectivity index (χ0) is 18.4. The van der Waals surface area contributed by atoms with E-state index in [2.05, 4.69) is 0 Å². The standard InChI is InChI=1S/C17H22N2O6/c1-12-3-4-14(20)13(9-12)17(23)25-11-16(22)18(2)10-15(21)19-5-7-24-8-6-19/h3-4,9,20H,5-8,10-11H2,1-2H3. The van der Waals surface area contributed by atoms with Crippen molar-refractivity contribution in [2.75, 3.05) is 46.5 Å². The highest BCUT2D eigenvalue weighted by Gasteiger charge is 2.21. The monoisotopic (exact) mass is 350 g/mol. The van der Waals surface area contributed by atoms with Crippen molar-refractivity contribution in [3.8, 4) is 5.75 Å². The number of likely N-dealkylation sites (N-methyl/N-ethyl adjacent to an activating group) is 1. The number of nitrogens with zero attached hydrogens (tertiary/aromatic N) is 2. The van der Waals surface area contributed by atoms with Crippen LogP contribution >= 0.6 is 0 Å². The van der Waals surface area contributed by atoms with Crippen LogP contribution in [0.2, 0.25) is 0 Å². The summed E-state index contributed by atoms with van der Waals surface area (Å²) in [6.45, 7) is 3.16. The molecule has 1 heterocycles. The van der Waals surface area contributed by atoms with E-state index < -0.39 is 18.5 Å². The summed E-state index contributed by atoms with van der Waals surface area (Å²) in [6, 6.07) is 4.52. The van der Waals surface area contributed by atoms with Crippen molar-refractivity contribution in [1.82, 2.24) is 9.80 Å². The van der Waals surface area contributed by atoms with Gasteiger partial charge in [0.1, 0.15) is 11.3 Å². The molecule has 1 aromatic carbocycles. The largest absolute Gasteiger partial charge is 0.507 e. The molecule has 1 aromatic rings. The zero-order valence-electron chi connectivity index (χ0n) is 14.4. The average molecular weight is 350 g/mol. The van der Waals surface area contributed by atoms with Gasteiger partial charge in [0.2, 0.25) is 5.91 Å². The summed E-state index contributed by atoms with van der Waals surface area (Å²) in [5.41, 5.74) is 0.782. The van der Waals surface area contributed by atoms with E-state index in [0.29, 0.717) is 26.3 Å². The van der Waals surface area contributed by atoms with Crippen LogP contribution in [-0.2, 0) is 19.1 Å². The fourth-order valence-electron chi connectivity index (χ4n) is 2.33. The molecule has 8 nitrogen and oxygen atoms in total. The number of carbonyl (C=O) groups is 3. The fraction of sp³-hybridized carbons (Fsp3) is 0.471. The maximum absolute atomic E-state index is 12.1. The molecule has 1 fully saturated rings. The normalized spacial score (nSPS) is 14.1. The molecule has 2 rings (SSSR count). The van der Waals surface area contributed by atoms with Crippen molar-refractivity contribution in [2.24, 2.45) is 0 Å². The van der Waals surface area contributed by atoms with E-state index in [1.165, 1.54) is 24.1 Å². The van der Waals surface area contributed by atoms with E-state index in [1.807, 2.05) is 0 Å². The number of hydrogen-bond donors (Lipinski definition) is 1. The summed E-state index contributed by atoms with van der Waals surface area (Å²) >= 11 is 0. The predicted octanol–water partition coefficient (Wildman–Crippen LogP) is 0.175. The van der Waals surface area contributed by atoms with E-state index in [9.17, 15) is 19.5 Å². The Hall–Kier alpha value is -2.61. The maximum Gasteiger partial charge on any atom is 0.342 e. The van der Waals surface area contributed by atoms with Crippen molar-refractivity contribution in [3.05, 3.63) is 29.3 Å². The van der Waals surface area contributed by atoms with Crippen molar-refractivity contribution in [3.63, 3.8) is 0 Å². The molecule has 0 unspecified atom stereocenters. The first-order chi connectivity index (χ1) is 11.9. The molecule has 0 saturated carbocycles. The lowest BCUT2D eigenvalue weighted by molar-refractivity contribution is -0.143. The van der Waals surface area contributed by atoms with Crippen molar-refractivity contribution in [1.29, 1.82) is 0 Å². The molecular formula is C17H22N2O6. The van der Waals surface area contributed by atoms with Crippen molar-refractivity contribution in [2.45, 2.75) is 6.92 Å². The van der Waals surface area contributed by atoms with Gasteiger partial charge in [0.15, 0.2) is 6.61 Å². The Kier molecular flexibility index (Phi) is 6.35. The van der Waals surface area contributed by atoms with Gasteiger partial charge in [0.25, 0.3) is 5.91 Å². The van der Waals surface area contributed by atoms with Gasteiger partial charge in [-0.05, 0) is 19.1 Å². The second-order valence-corrected chi connectivity index (χ2v) is 5.84. The molecule has 0 aromatic heterocycles. The molecule has 136 valence electrons. The van der Waals surface area contributed by atoms with Gasteiger partial charge in [0.05, 0.1) is 19.8 Å². The average Bonchev–Trinajstić information content (AvgIpc) is 2.62. The highest BCUT2D eigenvalue weighted by molar-refractivity contribution is 5.94. The third kappa shape index (κ3) is 5.18. The number of aromatic hydroxyl groups is 1. The van der Waals surface area contributed by atoms with Crippen LogP contribution < -0.4 is 0 Å². The molecule has 1 aliphatic heterocycles. The highest BCUT2D eigenvalue weighted by Crippen LogP contribution is 2.19. The molecule has 8 heteroatoms. The lowest BCUT2D eigenvalue weighted by Gasteiger charge is -2.28. The van der Waals surface area contributed by atoms with E-state index >= 15 is 0 Å². The van der Waals surface area contributed by atoms with Crippen LogP contribution in [0.15, 0.2) is 18.2 Å². The Morgan fingerprint density at radius 1 is 1.28 bits per heavy atom. The minimum Gasteiger partial charge on any atom is -0.507 e. The molecule has 0 aliphatic carbocycles. The summed E-state index contributed by atoms with van der Waals surface area (Å²) in [5.74, 6) is -1.68. The first-order valence-corrected chi connectivity index (χ1v) is 7.94. The molecule has 0 atom stereocenters. The highest BCUT2D eigenvalue weighted by atomic mass is 16.5. The third-order valence-electron chi connectivity index (χ3n) is 3.86. The van der Waals surface area contributed by atoms with Crippen LogP contribution in [-0.4, -0.2) is 79.2 Å². The van der Waals surface area contributed by atoms with Crippen LogP contribution in [0.4, 0.5) is 0 Å². The fourth-order valence-corrected chi connectivity index (χ4v) is 2.33. The van der Waals surface area contributed by atoms with Crippen molar-refractivity contribution < 1.29 is 29.0 Å². The Balaban J connectivity index is 1.83. The van der Waals surface area contributed by atoms with Crippen LogP contribution in [0, 0.1) is 6.92 Å². The molecular weight excluding hydrogens is 328 g/mol. The summed E-state index contributed by atoms with van der Waals surface area (Å²) in [6.07, 6.45) is 0. The van der Waals surface area contributed by atoms with Gasteiger partial charge in [-0.3, -0.25) is 9.59 Å². The second-order valence-electron chi connectivity index (χ2n) is 5.84. The van der Waals surface area contributed by atoms with Gasteiger partial charge < -0.3 is 24.4 Å². The topological polar surface area (TPSA) is 96.4 Å². The summed E-state index contributed by atoms with van der Waals surface area (Å²) in [7, 11) is 1.47. The van der Waals surface area contributed by atoms with Crippen LogP contribution in [0.5, 0.6) is 5.75 Å². The first-order valence-electron chi connectivity index (χ1n) is 7.94. The van der Waals surface area contributed by atoms with Crippen molar-refractivity contribution >= 4 is 17.8 Å². The Morgan fingerprint density at radius 3 is 2.64 bits per heavy atom. The lowest BCUT2D eigenvalue weighted by Crippen LogP contribution is -2.46. The lowest BCUT2D eigenvalue weighted by atomic mass is 10.1. The number of carbonyl (C=O) groups excluding carboxylic acids is 3. The number of hydrogen-bond acceptors (Lipinski definition) is 6. The molecule has 0 bridgehead atoms. The van der Waals surface area contributed by atoms with E-state index in [4.69, 9.17) is 9.47 Å². The van der Waals surface area contributed by atoms with Crippen LogP contribution in [0.1, 0.15) is 15.9 Å². The Bertz CT molecular complexity index is 655. The van der Waals surface area contributed by atoms with Crippen LogP contribution in [0.3, 0.4) is 0 Å². The molecule has 1 N–H and O–H groups in total. The minimum absolute atomic E-state index is 0.000142. The van der Waals surface area contributed by atoms with Gasteiger partial charge >= 0.3 is 5.97 Å². The van der Waals surface area contributed by atoms with Gasteiger partial charge in [-0.15, -0.1) is 0 Å². The number of phenolic OH excluding ortho intramolecular Hbond substituents is 1.